The Bertz CT molecular complexity index is 1030. The van der Waals surface area contributed by atoms with Crippen molar-refractivity contribution >= 4 is 55.6 Å². The van der Waals surface area contributed by atoms with Gasteiger partial charge in [0.25, 0.3) is 0 Å². The van der Waals surface area contributed by atoms with Gasteiger partial charge in [0.1, 0.15) is 5.02 Å². The summed E-state index contributed by atoms with van der Waals surface area (Å²) in [6, 6.07) is 3.43. The van der Waals surface area contributed by atoms with E-state index in [4.69, 9.17) is 23.2 Å². The molecule has 0 amide bonds. The lowest BCUT2D eigenvalue weighted by atomic mass is 10.1. The fraction of sp³-hybridized carbons (Fsp3) is 0.143. The quantitative estimate of drug-likeness (QED) is 0.691. The fourth-order valence-corrected chi connectivity index (χ4v) is 3.27. The van der Waals surface area contributed by atoms with E-state index in [2.05, 4.69) is 25.3 Å². The zero-order chi connectivity index (χ0) is 17.3. The lowest BCUT2D eigenvalue weighted by Gasteiger charge is -2.13. The summed E-state index contributed by atoms with van der Waals surface area (Å²) in [4.78, 5) is 16.2. The van der Waals surface area contributed by atoms with Gasteiger partial charge in [-0.1, -0.05) is 11.6 Å². The molecule has 0 aliphatic heterocycles. The van der Waals surface area contributed by atoms with Gasteiger partial charge in [0.2, 0.25) is 5.28 Å². The number of rotatable bonds is 4. The van der Waals surface area contributed by atoms with E-state index < -0.39 is 9.84 Å². The second-order valence-electron chi connectivity index (χ2n) is 5.05. The molecule has 0 spiro atoms. The van der Waals surface area contributed by atoms with Crippen LogP contribution in [-0.4, -0.2) is 34.6 Å². The Kier molecular flexibility index (Phi) is 4.53. The average Bonchev–Trinajstić information content (AvgIpc) is 2.52. The molecule has 0 unspecified atom stereocenters. The summed E-state index contributed by atoms with van der Waals surface area (Å²) in [5.74, 6) is 0.0663. The summed E-state index contributed by atoms with van der Waals surface area (Å²) in [5.41, 5.74) is 2.07. The number of hydrogen-bond donors (Lipinski definition) is 1. The van der Waals surface area contributed by atoms with Crippen molar-refractivity contribution in [2.24, 2.45) is 0 Å². The number of nitrogens with zero attached hydrogens (tertiary/aromatic N) is 4. The van der Waals surface area contributed by atoms with Gasteiger partial charge in [-0.3, -0.25) is 9.97 Å². The first kappa shape index (κ1) is 16.8. The van der Waals surface area contributed by atoms with Crippen molar-refractivity contribution in [3.8, 4) is 0 Å². The second kappa shape index (κ2) is 6.46. The molecule has 0 aliphatic rings. The largest absolute Gasteiger partial charge is 0.339 e. The first-order valence-electron chi connectivity index (χ1n) is 6.69. The molecule has 2 aromatic heterocycles. The minimum atomic E-state index is -3.30. The molecule has 124 valence electrons. The zero-order valence-electron chi connectivity index (χ0n) is 12.4. The third-order valence-corrected chi connectivity index (χ3v) is 4.39. The van der Waals surface area contributed by atoms with E-state index in [1.165, 1.54) is 12.4 Å². The predicted octanol–water partition coefficient (Wildman–Crippen LogP) is 3.01. The van der Waals surface area contributed by atoms with E-state index >= 15 is 0 Å². The highest BCUT2D eigenvalue weighted by Gasteiger charge is 2.16. The van der Waals surface area contributed by atoms with Gasteiger partial charge in [-0.2, -0.15) is 4.98 Å². The maximum Gasteiger partial charge on any atom is 0.224 e. The number of hydrogen-bond acceptors (Lipinski definition) is 7. The molecule has 2 heterocycles. The number of nitrogens with one attached hydrogen (secondary N) is 1. The Morgan fingerprint density at radius 1 is 1.12 bits per heavy atom. The van der Waals surface area contributed by atoms with Crippen molar-refractivity contribution in [1.29, 1.82) is 0 Å². The molecule has 0 atom stereocenters. The predicted molar refractivity (Wildman–Crippen MR) is 93.4 cm³/mol. The number of anilines is 2. The summed E-state index contributed by atoms with van der Waals surface area (Å²) in [5, 5.41) is 3.27. The van der Waals surface area contributed by atoms with Crippen molar-refractivity contribution in [3.63, 3.8) is 0 Å². The van der Waals surface area contributed by atoms with Gasteiger partial charge in [-0.05, 0) is 23.7 Å². The number of sulfone groups is 1. The second-order valence-corrected chi connectivity index (χ2v) is 7.93. The molecule has 7 nitrogen and oxygen atoms in total. The smallest absolute Gasteiger partial charge is 0.224 e. The van der Waals surface area contributed by atoms with Crippen LogP contribution in [0.15, 0.2) is 30.7 Å². The maximum atomic E-state index is 11.8. The van der Waals surface area contributed by atoms with E-state index in [0.717, 1.165) is 6.26 Å². The summed E-state index contributed by atoms with van der Waals surface area (Å²) >= 11 is 11.8. The third kappa shape index (κ3) is 3.72. The SMILES string of the molecule is CS(=O)(=O)Cc1c(Nc2nc(Cl)ncc2Cl)ccc2nccnc12. The molecular formula is C14H11Cl2N5O2S. The highest BCUT2D eigenvalue weighted by atomic mass is 35.5. The minimum Gasteiger partial charge on any atom is -0.339 e. The summed E-state index contributed by atoms with van der Waals surface area (Å²) < 4.78 is 23.6. The summed E-state index contributed by atoms with van der Waals surface area (Å²) in [7, 11) is -3.30. The molecule has 0 bridgehead atoms. The third-order valence-electron chi connectivity index (χ3n) is 3.12. The van der Waals surface area contributed by atoms with Gasteiger partial charge in [-0.25, -0.2) is 13.4 Å². The molecule has 0 saturated heterocycles. The van der Waals surface area contributed by atoms with Gasteiger partial charge in [0.05, 0.1) is 23.0 Å². The number of benzene rings is 1. The average molecular weight is 384 g/mol. The normalized spacial score (nSPS) is 11.6. The van der Waals surface area contributed by atoms with Gasteiger partial charge in [-0.15, -0.1) is 0 Å². The van der Waals surface area contributed by atoms with Gasteiger partial charge in [0.15, 0.2) is 15.7 Å². The van der Waals surface area contributed by atoms with Crippen molar-refractivity contribution in [2.45, 2.75) is 5.75 Å². The molecule has 0 aliphatic carbocycles. The van der Waals surface area contributed by atoms with Crippen LogP contribution in [0.2, 0.25) is 10.3 Å². The van der Waals surface area contributed by atoms with Crippen molar-refractivity contribution < 1.29 is 8.42 Å². The van der Waals surface area contributed by atoms with Crippen LogP contribution < -0.4 is 5.32 Å². The highest BCUT2D eigenvalue weighted by Crippen LogP contribution is 2.30. The van der Waals surface area contributed by atoms with E-state index in [1.54, 1.807) is 18.3 Å². The minimum absolute atomic E-state index is 0.0205. The van der Waals surface area contributed by atoms with Crippen LogP contribution in [0.4, 0.5) is 11.5 Å². The van der Waals surface area contributed by atoms with E-state index in [1.807, 2.05) is 0 Å². The topological polar surface area (TPSA) is 97.7 Å². The van der Waals surface area contributed by atoms with Gasteiger partial charge < -0.3 is 5.32 Å². The Labute approximate surface area is 148 Å². The van der Waals surface area contributed by atoms with Crippen LogP contribution in [0.3, 0.4) is 0 Å². The molecule has 10 heteroatoms. The first-order chi connectivity index (χ1) is 11.3. The Hall–Kier alpha value is -2.03. The maximum absolute atomic E-state index is 11.8. The molecular weight excluding hydrogens is 373 g/mol. The van der Waals surface area contributed by atoms with Crippen LogP contribution >= 0.6 is 23.2 Å². The van der Waals surface area contributed by atoms with Crippen LogP contribution in [0.25, 0.3) is 11.0 Å². The number of halogens is 2. The monoisotopic (exact) mass is 383 g/mol. The molecule has 24 heavy (non-hydrogen) atoms. The molecule has 0 radical (unpaired) electrons. The van der Waals surface area contributed by atoms with Crippen LogP contribution in [-0.2, 0) is 15.6 Å². The Morgan fingerprint density at radius 2 is 1.88 bits per heavy atom. The first-order valence-corrected chi connectivity index (χ1v) is 9.50. The van der Waals surface area contributed by atoms with E-state index in [0.29, 0.717) is 22.3 Å². The fourth-order valence-electron chi connectivity index (χ4n) is 2.18. The number of aromatic nitrogens is 4. The van der Waals surface area contributed by atoms with Crippen molar-refractivity contribution in [3.05, 3.63) is 46.6 Å². The van der Waals surface area contributed by atoms with E-state index in [-0.39, 0.29) is 21.9 Å². The molecule has 3 aromatic rings. The Morgan fingerprint density at radius 3 is 2.62 bits per heavy atom. The zero-order valence-corrected chi connectivity index (χ0v) is 14.7. The summed E-state index contributed by atoms with van der Waals surface area (Å²) in [6.07, 6.45) is 5.56. The van der Waals surface area contributed by atoms with Crippen molar-refractivity contribution in [2.75, 3.05) is 11.6 Å². The standard InChI is InChI=1S/C14H11Cl2N5O2S/c1-24(22,23)7-8-10(2-3-11-12(8)18-5-4-17-11)20-13-9(15)6-19-14(16)21-13/h2-6H,7H2,1H3,(H,19,20,21). The number of fused-ring (bicyclic) bond motifs is 1. The highest BCUT2D eigenvalue weighted by molar-refractivity contribution is 7.89. The molecule has 1 N–H and O–H groups in total. The molecule has 3 rings (SSSR count). The van der Waals surface area contributed by atoms with Crippen LogP contribution in [0.5, 0.6) is 0 Å². The van der Waals surface area contributed by atoms with Gasteiger partial charge >= 0.3 is 0 Å². The lowest BCUT2D eigenvalue weighted by Crippen LogP contribution is -2.07. The lowest BCUT2D eigenvalue weighted by molar-refractivity contribution is 0.601. The van der Waals surface area contributed by atoms with Gasteiger partial charge in [0, 0.05) is 29.9 Å². The van der Waals surface area contributed by atoms with E-state index in [9.17, 15) is 8.42 Å². The molecule has 0 fully saturated rings. The van der Waals surface area contributed by atoms with Crippen molar-refractivity contribution in [1.82, 2.24) is 19.9 Å². The van der Waals surface area contributed by atoms with Crippen LogP contribution in [0, 0.1) is 0 Å². The molecule has 1 aromatic carbocycles. The summed E-state index contributed by atoms with van der Waals surface area (Å²) in [6.45, 7) is 0. The Balaban J connectivity index is 2.16. The molecule has 0 saturated carbocycles. The van der Waals surface area contributed by atoms with Crippen LogP contribution in [0.1, 0.15) is 5.56 Å².